The summed E-state index contributed by atoms with van der Waals surface area (Å²) in [5.41, 5.74) is 0. The molecular weight excluding hydrogens is 270 g/mol. The molecule has 1 aliphatic rings. The summed E-state index contributed by atoms with van der Waals surface area (Å²) in [5, 5.41) is 3.75. The lowest BCUT2D eigenvalue weighted by molar-refractivity contribution is -0.127. The Labute approximate surface area is 125 Å². The van der Waals surface area contributed by atoms with Crippen LogP contribution in [0.5, 0.6) is 5.75 Å². The van der Waals surface area contributed by atoms with Gasteiger partial charge in [-0.25, -0.2) is 0 Å². The second-order valence-corrected chi connectivity index (χ2v) is 6.55. The SMILES string of the molecule is CC(Oc1ccccc1)C(=O)NCCSC1CCCC1. The van der Waals surface area contributed by atoms with Gasteiger partial charge in [0.05, 0.1) is 0 Å². The van der Waals surface area contributed by atoms with Gasteiger partial charge in [-0.15, -0.1) is 0 Å². The molecule has 1 aromatic carbocycles. The number of benzene rings is 1. The first-order valence-electron chi connectivity index (χ1n) is 7.37. The molecule has 1 aliphatic carbocycles. The Kier molecular flexibility index (Phi) is 6.25. The lowest BCUT2D eigenvalue weighted by atomic mass is 10.3. The van der Waals surface area contributed by atoms with E-state index in [1.54, 1.807) is 6.92 Å². The van der Waals surface area contributed by atoms with Gasteiger partial charge in [-0.2, -0.15) is 11.8 Å². The number of thioether (sulfide) groups is 1. The summed E-state index contributed by atoms with van der Waals surface area (Å²) in [6.45, 7) is 2.51. The molecule has 0 saturated heterocycles. The van der Waals surface area contributed by atoms with Crippen LogP contribution in [0, 0.1) is 0 Å². The van der Waals surface area contributed by atoms with Gasteiger partial charge in [0.2, 0.25) is 0 Å². The van der Waals surface area contributed by atoms with Crippen LogP contribution in [0.25, 0.3) is 0 Å². The number of hydrogen-bond donors (Lipinski definition) is 1. The van der Waals surface area contributed by atoms with Crippen LogP contribution in [0.4, 0.5) is 0 Å². The molecule has 0 spiro atoms. The maximum Gasteiger partial charge on any atom is 0.260 e. The standard InChI is InChI=1S/C16H23NO2S/c1-13(19-14-7-3-2-4-8-14)16(18)17-11-12-20-15-9-5-6-10-15/h2-4,7-8,13,15H,5-6,9-12H2,1H3,(H,17,18). The Balaban J connectivity index is 1.61. The average molecular weight is 293 g/mol. The molecule has 1 atom stereocenters. The van der Waals surface area contributed by atoms with E-state index in [-0.39, 0.29) is 5.91 Å². The number of hydrogen-bond acceptors (Lipinski definition) is 3. The summed E-state index contributed by atoms with van der Waals surface area (Å²) in [7, 11) is 0. The van der Waals surface area contributed by atoms with Crippen molar-refractivity contribution < 1.29 is 9.53 Å². The van der Waals surface area contributed by atoms with E-state index in [0.717, 1.165) is 23.3 Å². The summed E-state index contributed by atoms with van der Waals surface area (Å²) < 4.78 is 5.59. The van der Waals surface area contributed by atoms with E-state index >= 15 is 0 Å². The number of amides is 1. The van der Waals surface area contributed by atoms with Crippen LogP contribution in [0.1, 0.15) is 32.6 Å². The van der Waals surface area contributed by atoms with Gasteiger partial charge in [-0.05, 0) is 31.9 Å². The fourth-order valence-electron chi connectivity index (χ4n) is 2.36. The summed E-state index contributed by atoms with van der Waals surface area (Å²) in [5.74, 6) is 1.69. The minimum Gasteiger partial charge on any atom is -0.481 e. The molecule has 20 heavy (non-hydrogen) atoms. The molecule has 0 heterocycles. The third kappa shape index (κ3) is 5.08. The maximum atomic E-state index is 11.9. The summed E-state index contributed by atoms with van der Waals surface area (Å²) in [4.78, 5) is 11.9. The maximum absolute atomic E-state index is 11.9. The van der Waals surface area contributed by atoms with Crippen LogP contribution in [0.3, 0.4) is 0 Å². The molecule has 0 bridgehead atoms. The largest absolute Gasteiger partial charge is 0.481 e. The summed E-state index contributed by atoms with van der Waals surface area (Å²) >= 11 is 1.99. The van der Waals surface area contributed by atoms with Crippen molar-refractivity contribution >= 4 is 17.7 Å². The molecule has 3 nitrogen and oxygen atoms in total. The first kappa shape index (κ1) is 15.2. The molecule has 1 N–H and O–H groups in total. The highest BCUT2D eigenvalue weighted by Crippen LogP contribution is 2.28. The van der Waals surface area contributed by atoms with Crippen molar-refractivity contribution in [3.05, 3.63) is 30.3 Å². The molecule has 4 heteroatoms. The zero-order valence-corrected chi connectivity index (χ0v) is 12.8. The molecule has 110 valence electrons. The predicted octanol–water partition coefficient (Wildman–Crippen LogP) is 3.25. The smallest absolute Gasteiger partial charge is 0.260 e. The number of rotatable bonds is 7. The molecule has 1 saturated carbocycles. The van der Waals surface area contributed by atoms with Gasteiger partial charge in [0.1, 0.15) is 5.75 Å². The Morgan fingerprint density at radius 2 is 2.05 bits per heavy atom. The average Bonchev–Trinajstić information content (AvgIpc) is 2.97. The van der Waals surface area contributed by atoms with Gasteiger partial charge in [0.15, 0.2) is 6.10 Å². The molecule has 1 unspecified atom stereocenters. The highest BCUT2D eigenvalue weighted by molar-refractivity contribution is 7.99. The van der Waals surface area contributed by atoms with E-state index < -0.39 is 6.10 Å². The Hall–Kier alpha value is -1.16. The van der Waals surface area contributed by atoms with Crippen molar-refractivity contribution in [2.75, 3.05) is 12.3 Å². The fraction of sp³-hybridized carbons (Fsp3) is 0.562. The molecule has 0 radical (unpaired) electrons. The van der Waals surface area contributed by atoms with Crippen LogP contribution in [-0.2, 0) is 4.79 Å². The first-order chi connectivity index (χ1) is 9.75. The second kappa shape index (κ2) is 8.20. The zero-order chi connectivity index (χ0) is 14.2. The van der Waals surface area contributed by atoms with E-state index in [1.165, 1.54) is 25.7 Å². The Morgan fingerprint density at radius 1 is 1.35 bits per heavy atom. The highest BCUT2D eigenvalue weighted by Gasteiger charge is 2.16. The minimum atomic E-state index is -0.450. The Morgan fingerprint density at radius 3 is 2.75 bits per heavy atom. The Bertz CT molecular complexity index is 404. The zero-order valence-electron chi connectivity index (χ0n) is 12.0. The quantitative estimate of drug-likeness (QED) is 0.784. The number of carbonyl (C=O) groups excluding carboxylic acids is 1. The normalized spacial score (nSPS) is 16.9. The monoisotopic (exact) mass is 293 g/mol. The number of ether oxygens (including phenoxy) is 1. The van der Waals surface area contributed by atoms with E-state index in [4.69, 9.17) is 4.74 Å². The molecular formula is C16H23NO2S. The number of para-hydroxylation sites is 1. The molecule has 1 fully saturated rings. The summed E-state index contributed by atoms with van der Waals surface area (Å²) in [6, 6.07) is 9.45. The van der Waals surface area contributed by atoms with Crippen LogP contribution in [-0.4, -0.2) is 29.6 Å². The van der Waals surface area contributed by atoms with Crippen LogP contribution < -0.4 is 10.1 Å². The molecule has 1 amide bonds. The van der Waals surface area contributed by atoms with Crippen LogP contribution >= 0.6 is 11.8 Å². The van der Waals surface area contributed by atoms with Crippen LogP contribution in [0.15, 0.2) is 30.3 Å². The van der Waals surface area contributed by atoms with Gasteiger partial charge >= 0.3 is 0 Å². The molecule has 1 aromatic rings. The minimum absolute atomic E-state index is 0.0409. The van der Waals surface area contributed by atoms with Gasteiger partial charge < -0.3 is 10.1 Å². The first-order valence-corrected chi connectivity index (χ1v) is 8.41. The van der Waals surface area contributed by atoms with Gasteiger partial charge in [-0.3, -0.25) is 4.79 Å². The van der Waals surface area contributed by atoms with Gasteiger partial charge in [0.25, 0.3) is 5.91 Å². The molecule has 0 aliphatic heterocycles. The lowest BCUT2D eigenvalue weighted by Crippen LogP contribution is -2.37. The van der Waals surface area contributed by atoms with Crippen molar-refractivity contribution in [1.82, 2.24) is 5.32 Å². The number of carbonyl (C=O) groups is 1. The van der Waals surface area contributed by atoms with Gasteiger partial charge in [0, 0.05) is 17.5 Å². The third-order valence-corrected chi connectivity index (χ3v) is 4.86. The van der Waals surface area contributed by atoms with Crippen LogP contribution in [0.2, 0.25) is 0 Å². The van der Waals surface area contributed by atoms with Crippen molar-refractivity contribution in [2.45, 2.75) is 44.0 Å². The predicted molar refractivity (Wildman–Crippen MR) is 84.3 cm³/mol. The van der Waals surface area contributed by atoms with Crippen molar-refractivity contribution in [3.8, 4) is 5.75 Å². The fourth-order valence-corrected chi connectivity index (χ4v) is 3.58. The van der Waals surface area contributed by atoms with Crippen molar-refractivity contribution in [3.63, 3.8) is 0 Å². The van der Waals surface area contributed by atoms with E-state index in [0.29, 0.717) is 0 Å². The number of nitrogens with one attached hydrogen (secondary N) is 1. The lowest BCUT2D eigenvalue weighted by Gasteiger charge is -2.15. The molecule has 0 aromatic heterocycles. The van der Waals surface area contributed by atoms with E-state index in [2.05, 4.69) is 5.32 Å². The van der Waals surface area contributed by atoms with Gasteiger partial charge in [-0.1, -0.05) is 31.0 Å². The van der Waals surface area contributed by atoms with Crippen molar-refractivity contribution in [1.29, 1.82) is 0 Å². The third-order valence-electron chi connectivity index (χ3n) is 3.48. The van der Waals surface area contributed by atoms with Crippen molar-refractivity contribution in [2.24, 2.45) is 0 Å². The van der Waals surface area contributed by atoms with E-state index in [1.807, 2.05) is 42.1 Å². The summed E-state index contributed by atoms with van der Waals surface area (Å²) in [6.07, 6.45) is 4.96. The molecule has 2 rings (SSSR count). The van der Waals surface area contributed by atoms with E-state index in [9.17, 15) is 4.79 Å². The topological polar surface area (TPSA) is 38.3 Å². The second-order valence-electron chi connectivity index (χ2n) is 5.14. The highest BCUT2D eigenvalue weighted by atomic mass is 32.2.